The average molecular weight is 378 g/mol. The van der Waals surface area contributed by atoms with E-state index in [0.29, 0.717) is 23.1 Å². The van der Waals surface area contributed by atoms with Gasteiger partial charge in [0, 0.05) is 35.3 Å². The highest BCUT2D eigenvalue weighted by Gasteiger charge is 2.24. The van der Waals surface area contributed by atoms with Gasteiger partial charge in [0.25, 0.3) is 0 Å². The molecule has 0 amide bonds. The molecule has 0 saturated heterocycles. The Kier molecular flexibility index (Phi) is 5.15. The molecule has 2 unspecified atom stereocenters. The summed E-state index contributed by atoms with van der Waals surface area (Å²) in [5, 5.41) is 11.7. The summed E-state index contributed by atoms with van der Waals surface area (Å²) >= 11 is 0. The van der Waals surface area contributed by atoms with Gasteiger partial charge in [-0.3, -0.25) is 9.98 Å². The summed E-state index contributed by atoms with van der Waals surface area (Å²) in [6, 6.07) is 11.1. The Morgan fingerprint density at radius 2 is 1.96 bits per heavy atom. The zero-order valence-electron chi connectivity index (χ0n) is 15.2. The molecule has 1 aromatic heterocycles. The number of hydrogen-bond donors (Lipinski definition) is 1. The van der Waals surface area contributed by atoms with Crippen LogP contribution in [0.3, 0.4) is 0 Å². The van der Waals surface area contributed by atoms with Gasteiger partial charge in [0.05, 0.1) is 6.04 Å². The zero-order valence-corrected chi connectivity index (χ0v) is 15.2. The van der Waals surface area contributed by atoms with Crippen LogP contribution in [0.2, 0.25) is 0 Å². The van der Waals surface area contributed by atoms with E-state index in [2.05, 4.69) is 16.1 Å². The number of phenolic OH excluding ortho intramolecular Hbond substituents is 1. The minimum atomic E-state index is -0.619. The number of allylic oxidation sites excluding steroid dienone is 1. The first-order valence-electron chi connectivity index (χ1n) is 9.33. The molecule has 0 saturated carbocycles. The Hall–Kier alpha value is -3.08. The van der Waals surface area contributed by atoms with Crippen molar-refractivity contribution in [1.82, 2.24) is 4.98 Å². The molecule has 2 heterocycles. The first-order chi connectivity index (χ1) is 13.6. The van der Waals surface area contributed by atoms with E-state index in [1.807, 2.05) is 18.2 Å². The maximum Gasteiger partial charge on any atom is 0.145 e. The molecule has 2 atom stereocenters. The lowest BCUT2D eigenvalue weighted by Crippen LogP contribution is -2.11. The minimum Gasteiger partial charge on any atom is -0.505 e. The number of aromatic hydroxyl groups is 1. The summed E-state index contributed by atoms with van der Waals surface area (Å²) in [7, 11) is 0. The van der Waals surface area contributed by atoms with Crippen molar-refractivity contribution in [3.63, 3.8) is 0 Å². The quantitative estimate of drug-likeness (QED) is 0.634. The van der Waals surface area contributed by atoms with Crippen LogP contribution in [0.4, 0.5) is 8.78 Å². The van der Waals surface area contributed by atoms with Gasteiger partial charge in [0.1, 0.15) is 22.9 Å². The Balaban J connectivity index is 1.75. The molecule has 0 fully saturated rings. The van der Waals surface area contributed by atoms with Gasteiger partial charge in [-0.25, -0.2) is 8.78 Å². The minimum absolute atomic E-state index is 0.0406. The molecular formula is C23H20F2N2O. The predicted octanol–water partition coefficient (Wildman–Crippen LogP) is 5.53. The number of hydrogen-bond acceptors (Lipinski definition) is 3. The fourth-order valence-electron chi connectivity index (χ4n) is 3.77. The molecule has 1 aliphatic rings. The fraction of sp³-hybridized carbons (Fsp3) is 0.217. The van der Waals surface area contributed by atoms with Crippen molar-refractivity contribution in [3.05, 3.63) is 83.6 Å². The molecule has 3 nitrogen and oxygen atoms in total. The van der Waals surface area contributed by atoms with Crippen LogP contribution in [-0.2, 0) is 0 Å². The SMILES string of the molecule is Oc1c(C(CCC2CC=CC=N2)c2ccc(F)cc2F)ccc2cccnc12. The van der Waals surface area contributed by atoms with Crippen LogP contribution in [0, 0.1) is 11.6 Å². The summed E-state index contributed by atoms with van der Waals surface area (Å²) in [5.74, 6) is -1.61. The van der Waals surface area contributed by atoms with Crippen molar-refractivity contribution in [3.8, 4) is 5.75 Å². The van der Waals surface area contributed by atoms with Crippen LogP contribution in [0.25, 0.3) is 10.9 Å². The predicted molar refractivity (Wildman–Crippen MR) is 107 cm³/mol. The monoisotopic (exact) mass is 378 g/mol. The lowest BCUT2D eigenvalue weighted by molar-refractivity contribution is 0.460. The van der Waals surface area contributed by atoms with Gasteiger partial charge in [-0.15, -0.1) is 0 Å². The standard InChI is InChI=1S/C23H20F2N2O/c24-16-7-10-19(21(25)14-16)18(11-8-17-5-1-2-12-26-17)20-9-6-15-4-3-13-27-22(15)23(20)28/h1-4,6-7,9-10,12-14,17-18,28H,5,8,11H2. The zero-order chi connectivity index (χ0) is 19.5. The molecule has 0 aliphatic carbocycles. The number of aliphatic imine (C=N–C) groups is 1. The first-order valence-corrected chi connectivity index (χ1v) is 9.33. The van der Waals surface area contributed by atoms with Crippen molar-refractivity contribution < 1.29 is 13.9 Å². The van der Waals surface area contributed by atoms with Crippen LogP contribution in [0.15, 0.2) is 65.8 Å². The van der Waals surface area contributed by atoms with Gasteiger partial charge < -0.3 is 5.11 Å². The second-order valence-electron chi connectivity index (χ2n) is 6.99. The Bertz CT molecular complexity index is 1060. The molecule has 0 bridgehead atoms. The number of aromatic nitrogens is 1. The summed E-state index contributed by atoms with van der Waals surface area (Å²) in [6.07, 6.45) is 9.49. The third-order valence-electron chi connectivity index (χ3n) is 5.21. The average Bonchev–Trinajstić information content (AvgIpc) is 2.71. The normalized spacial score (nSPS) is 17.1. The lowest BCUT2D eigenvalue weighted by atomic mass is 9.84. The third-order valence-corrected chi connectivity index (χ3v) is 5.21. The molecule has 1 N–H and O–H groups in total. The topological polar surface area (TPSA) is 45.5 Å². The molecule has 1 aliphatic heterocycles. The number of phenols is 1. The van der Waals surface area contributed by atoms with Gasteiger partial charge in [-0.05, 0) is 43.0 Å². The molecular weight excluding hydrogens is 358 g/mol. The van der Waals surface area contributed by atoms with E-state index in [1.165, 1.54) is 12.1 Å². The maximum absolute atomic E-state index is 14.6. The van der Waals surface area contributed by atoms with E-state index < -0.39 is 17.6 Å². The van der Waals surface area contributed by atoms with E-state index in [1.54, 1.807) is 24.5 Å². The van der Waals surface area contributed by atoms with E-state index in [0.717, 1.165) is 24.3 Å². The highest BCUT2D eigenvalue weighted by molar-refractivity contribution is 5.85. The lowest BCUT2D eigenvalue weighted by Gasteiger charge is -2.22. The summed E-state index contributed by atoms with van der Waals surface area (Å²) in [4.78, 5) is 8.72. The van der Waals surface area contributed by atoms with Crippen LogP contribution in [0.1, 0.15) is 36.3 Å². The number of benzene rings is 2. The van der Waals surface area contributed by atoms with E-state index >= 15 is 0 Å². The van der Waals surface area contributed by atoms with Crippen LogP contribution in [-0.4, -0.2) is 22.3 Å². The van der Waals surface area contributed by atoms with Crippen molar-refractivity contribution in [2.45, 2.75) is 31.2 Å². The van der Waals surface area contributed by atoms with Crippen LogP contribution >= 0.6 is 0 Å². The fourth-order valence-corrected chi connectivity index (χ4v) is 3.77. The van der Waals surface area contributed by atoms with Crippen molar-refractivity contribution in [2.75, 3.05) is 0 Å². The molecule has 0 radical (unpaired) electrons. The Morgan fingerprint density at radius 1 is 1.11 bits per heavy atom. The highest BCUT2D eigenvalue weighted by atomic mass is 19.1. The van der Waals surface area contributed by atoms with Gasteiger partial charge in [0.15, 0.2) is 0 Å². The van der Waals surface area contributed by atoms with E-state index in [-0.39, 0.29) is 11.8 Å². The summed E-state index contributed by atoms with van der Waals surface area (Å²) < 4.78 is 28.1. The largest absolute Gasteiger partial charge is 0.505 e. The highest BCUT2D eigenvalue weighted by Crippen LogP contribution is 2.39. The maximum atomic E-state index is 14.6. The molecule has 5 heteroatoms. The van der Waals surface area contributed by atoms with Crippen LogP contribution in [0.5, 0.6) is 5.75 Å². The third kappa shape index (κ3) is 3.65. The Labute approximate surface area is 162 Å². The molecule has 4 rings (SSSR count). The number of fused-ring (bicyclic) bond motifs is 1. The molecule has 3 aromatic rings. The summed E-state index contributed by atoms with van der Waals surface area (Å²) in [6.45, 7) is 0. The van der Waals surface area contributed by atoms with Gasteiger partial charge >= 0.3 is 0 Å². The van der Waals surface area contributed by atoms with Gasteiger partial charge in [-0.1, -0.05) is 30.3 Å². The first kappa shape index (κ1) is 18.3. The Morgan fingerprint density at radius 3 is 2.75 bits per heavy atom. The second-order valence-corrected chi connectivity index (χ2v) is 6.99. The molecule has 28 heavy (non-hydrogen) atoms. The van der Waals surface area contributed by atoms with Gasteiger partial charge in [0.2, 0.25) is 0 Å². The van der Waals surface area contributed by atoms with Crippen LogP contribution < -0.4 is 0 Å². The smallest absolute Gasteiger partial charge is 0.145 e. The number of pyridine rings is 1. The number of rotatable bonds is 5. The number of dihydropyridines is 1. The summed E-state index contributed by atoms with van der Waals surface area (Å²) in [5.41, 5.74) is 1.43. The molecule has 2 aromatic carbocycles. The van der Waals surface area contributed by atoms with Crippen molar-refractivity contribution in [1.29, 1.82) is 0 Å². The van der Waals surface area contributed by atoms with Crippen molar-refractivity contribution >= 4 is 17.1 Å². The molecule has 0 spiro atoms. The number of halogens is 2. The van der Waals surface area contributed by atoms with Gasteiger partial charge in [-0.2, -0.15) is 0 Å². The second kappa shape index (κ2) is 7.89. The van der Waals surface area contributed by atoms with E-state index in [4.69, 9.17) is 0 Å². The van der Waals surface area contributed by atoms with E-state index in [9.17, 15) is 13.9 Å². The van der Waals surface area contributed by atoms with Crippen molar-refractivity contribution in [2.24, 2.45) is 4.99 Å². The number of nitrogens with zero attached hydrogens (tertiary/aromatic N) is 2. The molecule has 142 valence electrons.